The molecule has 27 heavy (non-hydrogen) atoms. The number of benzene rings is 1. The van der Waals surface area contributed by atoms with Crippen molar-refractivity contribution >= 4 is 29.9 Å². The number of hydrogen-bond donors (Lipinski definition) is 1. The molecule has 2 rings (SSSR count). The fourth-order valence-electron chi connectivity index (χ4n) is 2.75. The molecule has 1 aromatic carbocycles. The first-order valence-electron chi connectivity index (χ1n) is 9.54. The number of likely N-dealkylation sites (N-methyl/N-ethyl adjacent to an activating group) is 1. The van der Waals surface area contributed by atoms with Gasteiger partial charge >= 0.3 is 0 Å². The van der Waals surface area contributed by atoms with E-state index in [1.54, 1.807) is 12.1 Å². The highest BCUT2D eigenvalue weighted by Gasteiger charge is 2.42. The number of aliphatic imine (C=N–C) groups is 1. The molecule has 0 heterocycles. The predicted octanol–water partition coefficient (Wildman–Crippen LogP) is 3.93. The van der Waals surface area contributed by atoms with Crippen LogP contribution in [0.4, 0.5) is 4.39 Å². The third-order valence-corrected chi connectivity index (χ3v) is 4.71. The number of nitrogens with one attached hydrogen (secondary N) is 1. The van der Waals surface area contributed by atoms with Crippen LogP contribution in [0.5, 0.6) is 5.75 Å². The molecule has 5 nitrogen and oxygen atoms in total. The summed E-state index contributed by atoms with van der Waals surface area (Å²) >= 11 is 0. The normalized spacial score (nSPS) is 15.0. The molecule has 0 amide bonds. The lowest BCUT2D eigenvalue weighted by Crippen LogP contribution is -2.41. The lowest BCUT2D eigenvalue weighted by atomic mass is 10.0. The molecular formula is C20H33FIN3O2. The molecule has 0 saturated heterocycles. The number of guanidine groups is 1. The average Bonchev–Trinajstić information content (AvgIpc) is 3.40. The highest BCUT2D eigenvalue weighted by Crippen LogP contribution is 2.49. The van der Waals surface area contributed by atoms with E-state index in [4.69, 9.17) is 14.5 Å². The summed E-state index contributed by atoms with van der Waals surface area (Å²) in [4.78, 5) is 6.91. The fraction of sp³-hybridized carbons (Fsp3) is 0.650. The summed E-state index contributed by atoms with van der Waals surface area (Å²) in [5.41, 5.74) is 0.335. The van der Waals surface area contributed by atoms with Gasteiger partial charge in [-0.2, -0.15) is 0 Å². The van der Waals surface area contributed by atoms with Gasteiger partial charge in [0.1, 0.15) is 18.2 Å². The van der Waals surface area contributed by atoms with Crippen molar-refractivity contribution in [3.8, 4) is 5.75 Å². The predicted molar refractivity (Wildman–Crippen MR) is 119 cm³/mol. The van der Waals surface area contributed by atoms with Crippen LogP contribution in [0.2, 0.25) is 0 Å². The van der Waals surface area contributed by atoms with Gasteiger partial charge in [0.2, 0.25) is 0 Å². The third-order valence-electron chi connectivity index (χ3n) is 4.71. The SMILES string of the molecule is CCNC(=NCC1(CCOCC)CC1)N(C)CCOc1ccc(F)cc1.I. The highest BCUT2D eigenvalue weighted by molar-refractivity contribution is 14.0. The Kier molecular flexibility index (Phi) is 11.0. The van der Waals surface area contributed by atoms with Crippen molar-refractivity contribution in [2.75, 3.05) is 46.5 Å². The maximum absolute atomic E-state index is 12.9. The molecule has 1 saturated carbocycles. The standard InChI is InChI=1S/C20H32FN3O2.HI/c1-4-22-19(23-16-20(10-11-20)12-14-25-5-2)24(3)13-15-26-18-8-6-17(21)7-9-18;/h6-9H,4-5,10-16H2,1-3H3,(H,22,23);1H. The Morgan fingerprint density at radius 2 is 1.93 bits per heavy atom. The number of nitrogens with zero attached hydrogens (tertiary/aromatic N) is 2. The minimum absolute atomic E-state index is 0. The van der Waals surface area contributed by atoms with E-state index in [-0.39, 0.29) is 29.8 Å². The van der Waals surface area contributed by atoms with Crippen LogP contribution in [0.3, 0.4) is 0 Å². The van der Waals surface area contributed by atoms with Crippen molar-refractivity contribution in [1.29, 1.82) is 0 Å². The molecule has 1 fully saturated rings. The summed E-state index contributed by atoms with van der Waals surface area (Å²) < 4.78 is 24.1. The second-order valence-electron chi connectivity index (χ2n) is 6.84. The van der Waals surface area contributed by atoms with Crippen molar-refractivity contribution in [1.82, 2.24) is 10.2 Å². The molecule has 7 heteroatoms. The van der Waals surface area contributed by atoms with Gasteiger partial charge in [0, 0.05) is 33.4 Å². The Bertz CT molecular complexity index is 565. The Morgan fingerprint density at radius 1 is 1.22 bits per heavy atom. The monoisotopic (exact) mass is 493 g/mol. The summed E-state index contributed by atoms with van der Waals surface area (Å²) in [6.45, 7) is 8.59. The van der Waals surface area contributed by atoms with Crippen molar-refractivity contribution in [2.45, 2.75) is 33.1 Å². The van der Waals surface area contributed by atoms with Gasteiger partial charge in [0.05, 0.1) is 6.54 Å². The number of ether oxygens (including phenoxy) is 2. The van der Waals surface area contributed by atoms with E-state index in [0.29, 0.717) is 24.3 Å². The Labute approximate surface area is 179 Å². The number of halogens is 2. The van der Waals surface area contributed by atoms with Crippen molar-refractivity contribution in [3.05, 3.63) is 30.1 Å². The molecule has 1 aromatic rings. The Morgan fingerprint density at radius 3 is 2.52 bits per heavy atom. The lowest BCUT2D eigenvalue weighted by Gasteiger charge is -2.23. The molecular weight excluding hydrogens is 460 g/mol. The summed E-state index contributed by atoms with van der Waals surface area (Å²) in [5, 5.41) is 3.35. The van der Waals surface area contributed by atoms with Crippen molar-refractivity contribution in [2.24, 2.45) is 10.4 Å². The zero-order valence-electron chi connectivity index (χ0n) is 16.7. The van der Waals surface area contributed by atoms with E-state index >= 15 is 0 Å². The van der Waals surface area contributed by atoms with Crippen LogP contribution in [0.15, 0.2) is 29.3 Å². The minimum Gasteiger partial charge on any atom is -0.492 e. The zero-order valence-corrected chi connectivity index (χ0v) is 19.0. The molecule has 1 aliphatic rings. The lowest BCUT2D eigenvalue weighted by molar-refractivity contribution is 0.129. The Balaban J connectivity index is 0.00000364. The zero-order chi connectivity index (χ0) is 18.8. The van der Waals surface area contributed by atoms with E-state index in [0.717, 1.165) is 38.7 Å². The van der Waals surface area contributed by atoms with E-state index < -0.39 is 0 Å². The van der Waals surface area contributed by atoms with Gasteiger partial charge in [-0.25, -0.2) is 4.39 Å². The van der Waals surface area contributed by atoms with Gasteiger partial charge in [-0.15, -0.1) is 24.0 Å². The molecule has 0 radical (unpaired) electrons. The van der Waals surface area contributed by atoms with Gasteiger partial charge in [-0.05, 0) is 62.8 Å². The van der Waals surface area contributed by atoms with E-state index in [2.05, 4.69) is 17.1 Å². The first kappa shape index (κ1) is 23.9. The summed E-state index contributed by atoms with van der Waals surface area (Å²) in [6.07, 6.45) is 3.56. The first-order valence-corrected chi connectivity index (χ1v) is 9.54. The van der Waals surface area contributed by atoms with E-state index in [9.17, 15) is 4.39 Å². The van der Waals surface area contributed by atoms with Gasteiger partial charge < -0.3 is 19.7 Å². The summed E-state index contributed by atoms with van der Waals surface area (Å²) in [6, 6.07) is 6.09. The number of rotatable bonds is 11. The van der Waals surface area contributed by atoms with E-state index in [1.807, 2.05) is 14.0 Å². The Hall–Kier alpha value is -1.09. The van der Waals surface area contributed by atoms with Crippen LogP contribution < -0.4 is 10.1 Å². The molecule has 0 bridgehead atoms. The highest BCUT2D eigenvalue weighted by atomic mass is 127. The average molecular weight is 493 g/mol. The van der Waals surface area contributed by atoms with Crippen molar-refractivity contribution in [3.63, 3.8) is 0 Å². The van der Waals surface area contributed by atoms with Crippen LogP contribution >= 0.6 is 24.0 Å². The second kappa shape index (κ2) is 12.4. The van der Waals surface area contributed by atoms with Crippen LogP contribution in [0, 0.1) is 11.2 Å². The quantitative estimate of drug-likeness (QED) is 0.220. The molecule has 0 aromatic heterocycles. The molecule has 154 valence electrons. The van der Waals surface area contributed by atoms with Crippen LogP contribution in [-0.4, -0.2) is 57.4 Å². The van der Waals surface area contributed by atoms with Crippen LogP contribution in [-0.2, 0) is 4.74 Å². The minimum atomic E-state index is -0.255. The summed E-state index contributed by atoms with van der Waals surface area (Å²) in [7, 11) is 2.01. The topological polar surface area (TPSA) is 46.1 Å². The maximum Gasteiger partial charge on any atom is 0.193 e. The molecule has 0 unspecified atom stereocenters. The second-order valence-corrected chi connectivity index (χ2v) is 6.84. The third kappa shape index (κ3) is 8.64. The van der Waals surface area contributed by atoms with Gasteiger partial charge in [0.25, 0.3) is 0 Å². The smallest absolute Gasteiger partial charge is 0.193 e. The molecule has 0 atom stereocenters. The van der Waals surface area contributed by atoms with Gasteiger partial charge in [-0.1, -0.05) is 0 Å². The first-order chi connectivity index (χ1) is 12.6. The molecule has 0 spiro atoms. The molecule has 1 aliphatic carbocycles. The van der Waals surface area contributed by atoms with Crippen LogP contribution in [0.1, 0.15) is 33.1 Å². The van der Waals surface area contributed by atoms with Crippen LogP contribution in [0.25, 0.3) is 0 Å². The van der Waals surface area contributed by atoms with Gasteiger partial charge in [-0.3, -0.25) is 4.99 Å². The largest absolute Gasteiger partial charge is 0.492 e. The van der Waals surface area contributed by atoms with E-state index in [1.165, 1.54) is 25.0 Å². The fourth-order valence-corrected chi connectivity index (χ4v) is 2.75. The summed E-state index contributed by atoms with van der Waals surface area (Å²) in [5.74, 6) is 1.32. The van der Waals surface area contributed by atoms with Gasteiger partial charge in [0.15, 0.2) is 5.96 Å². The molecule has 0 aliphatic heterocycles. The molecule has 1 N–H and O–H groups in total. The number of hydrogen-bond acceptors (Lipinski definition) is 3. The van der Waals surface area contributed by atoms with Crippen molar-refractivity contribution < 1.29 is 13.9 Å². The maximum atomic E-state index is 12.9.